The van der Waals surface area contributed by atoms with Crippen LogP contribution in [0.2, 0.25) is 0 Å². The molecule has 0 fully saturated rings. The number of halogens is 5. The Morgan fingerprint density at radius 3 is 2.22 bits per heavy atom. The molecule has 1 amide bonds. The summed E-state index contributed by atoms with van der Waals surface area (Å²) in [5.74, 6) is -11.4. The van der Waals surface area contributed by atoms with Crippen LogP contribution in [0.25, 0.3) is 6.08 Å². The molecule has 0 bridgehead atoms. The van der Waals surface area contributed by atoms with Gasteiger partial charge in [-0.3, -0.25) is 4.79 Å². The highest BCUT2D eigenvalue weighted by molar-refractivity contribution is 6.09. The summed E-state index contributed by atoms with van der Waals surface area (Å²) in [5, 5.41) is 11.3. The highest BCUT2D eigenvalue weighted by atomic mass is 19.2. The fraction of sp³-hybridized carbons (Fsp3) is 0.0588. The molecule has 1 heterocycles. The van der Waals surface area contributed by atoms with Crippen LogP contribution < -0.4 is 14.8 Å². The summed E-state index contributed by atoms with van der Waals surface area (Å²) in [6, 6.07) is 5.59. The Labute approximate surface area is 148 Å². The predicted molar refractivity (Wildman–Crippen MR) is 81.0 cm³/mol. The number of hydrogen-bond donors (Lipinski definition) is 1. The number of benzene rings is 2. The summed E-state index contributed by atoms with van der Waals surface area (Å²) >= 11 is 0. The lowest BCUT2D eigenvalue weighted by atomic mass is 10.1. The van der Waals surface area contributed by atoms with Gasteiger partial charge in [-0.2, -0.15) is 5.26 Å². The van der Waals surface area contributed by atoms with Crippen LogP contribution in [0.1, 0.15) is 5.56 Å². The van der Waals surface area contributed by atoms with E-state index in [-0.39, 0.29) is 18.6 Å². The number of anilines is 1. The molecule has 1 aliphatic heterocycles. The Balaban J connectivity index is 1.93. The maximum absolute atomic E-state index is 13.7. The van der Waals surface area contributed by atoms with E-state index in [9.17, 15) is 26.7 Å². The van der Waals surface area contributed by atoms with Crippen LogP contribution in [0, 0.1) is 40.4 Å². The summed E-state index contributed by atoms with van der Waals surface area (Å²) in [4.78, 5) is 12.1. The Kier molecular flexibility index (Phi) is 4.68. The first-order chi connectivity index (χ1) is 12.8. The van der Waals surface area contributed by atoms with Gasteiger partial charge in [-0.25, -0.2) is 22.0 Å². The lowest BCUT2D eigenvalue weighted by molar-refractivity contribution is -0.112. The van der Waals surface area contributed by atoms with Crippen molar-refractivity contribution in [3.05, 3.63) is 58.4 Å². The van der Waals surface area contributed by atoms with Gasteiger partial charge in [0.15, 0.2) is 34.8 Å². The molecule has 10 heteroatoms. The number of carbonyl (C=O) groups is 1. The van der Waals surface area contributed by atoms with Gasteiger partial charge in [0.1, 0.15) is 11.6 Å². The number of amides is 1. The number of nitrogens with zero attached hydrogens (tertiary/aromatic N) is 1. The second-order valence-corrected chi connectivity index (χ2v) is 5.18. The van der Waals surface area contributed by atoms with Crippen molar-refractivity contribution in [2.24, 2.45) is 0 Å². The SMILES string of the molecule is N#CC(=Cc1c(F)c(F)c(F)c(F)c1F)C(=O)Nc1ccc2c(c1)OCO2. The quantitative estimate of drug-likeness (QED) is 0.289. The molecule has 0 unspecified atom stereocenters. The molecule has 2 aromatic rings. The minimum Gasteiger partial charge on any atom is -0.454 e. The minimum atomic E-state index is -2.34. The van der Waals surface area contributed by atoms with E-state index in [0.29, 0.717) is 11.5 Å². The molecule has 5 nitrogen and oxygen atoms in total. The molecule has 0 saturated carbocycles. The highest BCUT2D eigenvalue weighted by Gasteiger charge is 2.25. The first-order valence-electron chi connectivity index (χ1n) is 7.17. The standard InChI is InChI=1S/C17H7F5N2O3/c18-12-9(13(19)15(21)16(22)14(12)20)3-7(5-23)17(25)24-8-1-2-10-11(4-8)27-6-26-10/h1-4H,6H2,(H,24,25). The van der Waals surface area contributed by atoms with Gasteiger partial charge in [0.2, 0.25) is 12.6 Å². The van der Waals surface area contributed by atoms with Crippen molar-refractivity contribution in [3.8, 4) is 17.6 Å². The molecule has 0 aromatic heterocycles. The largest absolute Gasteiger partial charge is 0.454 e. The number of nitriles is 1. The van der Waals surface area contributed by atoms with Gasteiger partial charge < -0.3 is 14.8 Å². The third-order valence-electron chi connectivity index (χ3n) is 3.53. The van der Waals surface area contributed by atoms with E-state index < -0.39 is 46.1 Å². The summed E-state index contributed by atoms with van der Waals surface area (Å²) < 4.78 is 77.1. The summed E-state index contributed by atoms with van der Waals surface area (Å²) in [6.45, 7) is -0.0175. The van der Waals surface area contributed by atoms with Crippen molar-refractivity contribution in [2.45, 2.75) is 0 Å². The van der Waals surface area contributed by atoms with E-state index in [1.54, 1.807) is 0 Å². The van der Waals surface area contributed by atoms with Crippen LogP contribution in [-0.2, 0) is 4.79 Å². The van der Waals surface area contributed by atoms with Crippen LogP contribution >= 0.6 is 0 Å². The van der Waals surface area contributed by atoms with Crippen LogP contribution in [0.5, 0.6) is 11.5 Å². The molecule has 0 spiro atoms. The summed E-state index contributed by atoms with van der Waals surface area (Å²) in [7, 11) is 0. The van der Waals surface area contributed by atoms with Crippen LogP contribution in [-0.4, -0.2) is 12.7 Å². The van der Waals surface area contributed by atoms with E-state index in [2.05, 4.69) is 5.32 Å². The number of hydrogen-bond acceptors (Lipinski definition) is 4. The Morgan fingerprint density at radius 2 is 1.59 bits per heavy atom. The first kappa shape index (κ1) is 18.2. The first-order valence-corrected chi connectivity index (χ1v) is 7.17. The van der Waals surface area contributed by atoms with E-state index >= 15 is 0 Å². The molecule has 3 rings (SSSR count). The fourth-order valence-corrected chi connectivity index (χ4v) is 2.21. The number of nitrogens with one attached hydrogen (secondary N) is 1. The van der Waals surface area contributed by atoms with Crippen LogP contribution in [0.3, 0.4) is 0 Å². The Hall–Kier alpha value is -3.61. The van der Waals surface area contributed by atoms with Gasteiger partial charge in [-0.05, 0) is 18.2 Å². The lowest BCUT2D eigenvalue weighted by Gasteiger charge is -2.07. The number of fused-ring (bicyclic) bond motifs is 1. The fourth-order valence-electron chi connectivity index (χ4n) is 2.21. The third-order valence-corrected chi connectivity index (χ3v) is 3.53. The van der Waals surface area contributed by atoms with E-state index in [4.69, 9.17) is 14.7 Å². The summed E-state index contributed by atoms with van der Waals surface area (Å²) in [5.41, 5.74) is -2.12. The van der Waals surface area contributed by atoms with Gasteiger partial charge >= 0.3 is 0 Å². The van der Waals surface area contributed by atoms with Gasteiger partial charge in [0.05, 0.1) is 5.56 Å². The van der Waals surface area contributed by atoms with Gasteiger partial charge in [0, 0.05) is 11.8 Å². The molecule has 0 aliphatic carbocycles. The molecule has 1 aliphatic rings. The van der Waals surface area contributed by atoms with Gasteiger partial charge in [0.25, 0.3) is 5.91 Å². The zero-order valence-corrected chi connectivity index (χ0v) is 13.1. The molecular weight excluding hydrogens is 375 g/mol. The minimum absolute atomic E-state index is 0.0175. The molecule has 2 aromatic carbocycles. The monoisotopic (exact) mass is 382 g/mol. The maximum atomic E-state index is 13.7. The average Bonchev–Trinajstić information content (AvgIpc) is 3.12. The molecule has 0 saturated heterocycles. The zero-order chi connectivity index (χ0) is 19.7. The Bertz CT molecular complexity index is 1000. The van der Waals surface area contributed by atoms with E-state index in [0.717, 1.165) is 0 Å². The third kappa shape index (κ3) is 3.27. The van der Waals surface area contributed by atoms with Crippen molar-refractivity contribution in [1.29, 1.82) is 5.26 Å². The van der Waals surface area contributed by atoms with E-state index in [1.165, 1.54) is 24.3 Å². The molecular formula is C17H7F5N2O3. The lowest BCUT2D eigenvalue weighted by Crippen LogP contribution is -2.14. The highest BCUT2D eigenvalue weighted by Crippen LogP contribution is 2.34. The van der Waals surface area contributed by atoms with Crippen LogP contribution in [0.15, 0.2) is 23.8 Å². The van der Waals surface area contributed by atoms with Gasteiger partial charge in [-0.15, -0.1) is 0 Å². The molecule has 0 radical (unpaired) electrons. The molecule has 138 valence electrons. The average molecular weight is 382 g/mol. The van der Waals surface area contributed by atoms with E-state index in [1.807, 2.05) is 0 Å². The van der Waals surface area contributed by atoms with Crippen molar-refractivity contribution >= 4 is 17.7 Å². The normalized spacial score (nSPS) is 12.7. The van der Waals surface area contributed by atoms with Crippen molar-refractivity contribution in [3.63, 3.8) is 0 Å². The Morgan fingerprint density at radius 1 is 1.00 bits per heavy atom. The predicted octanol–water partition coefficient (Wildman–Crippen LogP) is 3.66. The maximum Gasteiger partial charge on any atom is 0.266 e. The van der Waals surface area contributed by atoms with Crippen LogP contribution in [0.4, 0.5) is 27.6 Å². The number of rotatable bonds is 3. The topological polar surface area (TPSA) is 71.4 Å². The molecule has 1 N–H and O–H groups in total. The summed E-state index contributed by atoms with van der Waals surface area (Å²) in [6.07, 6.45) is 0.276. The number of carbonyl (C=O) groups excluding carboxylic acids is 1. The molecule has 27 heavy (non-hydrogen) atoms. The second-order valence-electron chi connectivity index (χ2n) is 5.18. The number of ether oxygens (including phenoxy) is 2. The van der Waals surface area contributed by atoms with Crippen molar-refractivity contribution < 1.29 is 36.2 Å². The van der Waals surface area contributed by atoms with Crippen molar-refractivity contribution in [2.75, 3.05) is 12.1 Å². The zero-order valence-electron chi connectivity index (χ0n) is 13.1. The van der Waals surface area contributed by atoms with Crippen molar-refractivity contribution in [1.82, 2.24) is 0 Å². The smallest absolute Gasteiger partial charge is 0.266 e. The van der Waals surface area contributed by atoms with Gasteiger partial charge in [-0.1, -0.05) is 0 Å². The second kappa shape index (κ2) is 6.95. The molecule has 0 atom stereocenters.